The number of hydrogen-bond acceptors (Lipinski definition) is 5. The van der Waals surface area contributed by atoms with E-state index in [1.807, 2.05) is 52.8 Å². The minimum Gasteiger partial charge on any atom is -0.490 e. The number of halogens is 3. The molecule has 2 heterocycles. The van der Waals surface area contributed by atoms with Gasteiger partial charge in [0.05, 0.1) is 17.8 Å². The zero-order chi connectivity index (χ0) is 30.8. The number of ether oxygens (including phenoxy) is 2. The number of alkyl halides is 3. The van der Waals surface area contributed by atoms with Gasteiger partial charge in [-0.15, -0.1) is 0 Å². The van der Waals surface area contributed by atoms with Crippen LogP contribution in [0.4, 0.5) is 18.0 Å². The van der Waals surface area contributed by atoms with Gasteiger partial charge in [0.25, 0.3) is 5.56 Å². The van der Waals surface area contributed by atoms with Crippen LogP contribution in [0.3, 0.4) is 0 Å². The first kappa shape index (κ1) is 30.7. The number of nitriles is 1. The fourth-order valence-corrected chi connectivity index (χ4v) is 4.95. The lowest BCUT2D eigenvalue weighted by Gasteiger charge is -2.33. The Kier molecular flexibility index (Phi) is 8.71. The minimum atomic E-state index is -4.88. The number of amides is 1. The first-order valence-electron chi connectivity index (χ1n) is 13.7. The number of carbonyl (C=O) groups is 1. The van der Waals surface area contributed by atoms with Crippen molar-refractivity contribution in [2.75, 3.05) is 13.1 Å². The highest BCUT2D eigenvalue weighted by molar-refractivity contribution is 5.68. The number of aryl methyl sites for hydroxylation is 2. The number of piperidine rings is 1. The first-order valence-corrected chi connectivity index (χ1v) is 13.7. The van der Waals surface area contributed by atoms with Gasteiger partial charge in [-0.05, 0) is 81.6 Å². The molecule has 1 amide bonds. The lowest BCUT2D eigenvalue weighted by Crippen LogP contribution is -2.44. The van der Waals surface area contributed by atoms with Crippen LogP contribution in [0.1, 0.15) is 61.4 Å². The van der Waals surface area contributed by atoms with Gasteiger partial charge in [-0.1, -0.05) is 23.8 Å². The van der Waals surface area contributed by atoms with Gasteiger partial charge in [0.15, 0.2) is 0 Å². The van der Waals surface area contributed by atoms with E-state index in [0.29, 0.717) is 37.2 Å². The number of nitrogens with zero attached hydrogens (tertiary/aromatic N) is 3. The summed E-state index contributed by atoms with van der Waals surface area (Å²) in [7, 11) is 0. The van der Waals surface area contributed by atoms with E-state index < -0.39 is 28.5 Å². The number of hydrogen-bond donors (Lipinski definition) is 0. The van der Waals surface area contributed by atoms with Crippen molar-refractivity contribution < 1.29 is 27.4 Å². The second kappa shape index (κ2) is 11.9. The molecule has 1 aromatic heterocycles. The molecule has 0 N–H and O–H groups in total. The maximum atomic E-state index is 13.9. The van der Waals surface area contributed by atoms with Gasteiger partial charge >= 0.3 is 12.3 Å². The highest BCUT2D eigenvalue weighted by atomic mass is 19.4. The molecule has 0 unspecified atom stereocenters. The predicted octanol–water partition coefficient (Wildman–Crippen LogP) is 6.85. The van der Waals surface area contributed by atoms with E-state index in [1.165, 1.54) is 10.6 Å². The molecule has 222 valence electrons. The maximum Gasteiger partial charge on any atom is 0.417 e. The van der Waals surface area contributed by atoms with Crippen molar-refractivity contribution in [2.45, 2.75) is 71.9 Å². The van der Waals surface area contributed by atoms with E-state index >= 15 is 0 Å². The molecule has 0 bridgehead atoms. The van der Waals surface area contributed by atoms with Crippen LogP contribution in [0.5, 0.6) is 5.75 Å². The lowest BCUT2D eigenvalue weighted by molar-refractivity contribution is -0.137. The fraction of sp³-hybridized carbons (Fsp3) is 0.406. The van der Waals surface area contributed by atoms with Crippen molar-refractivity contribution >= 4 is 6.09 Å². The van der Waals surface area contributed by atoms with Crippen molar-refractivity contribution in [1.82, 2.24) is 9.47 Å². The number of rotatable bonds is 5. The van der Waals surface area contributed by atoms with Crippen molar-refractivity contribution in [3.63, 3.8) is 0 Å². The zero-order valence-electron chi connectivity index (χ0n) is 24.3. The van der Waals surface area contributed by atoms with Gasteiger partial charge in [-0.2, -0.15) is 18.4 Å². The molecule has 7 nitrogen and oxygen atoms in total. The molecule has 0 spiro atoms. The summed E-state index contributed by atoms with van der Waals surface area (Å²) in [6, 6.07) is 14.5. The summed E-state index contributed by atoms with van der Waals surface area (Å²) >= 11 is 0. The van der Waals surface area contributed by atoms with Gasteiger partial charge < -0.3 is 18.9 Å². The Morgan fingerprint density at radius 2 is 1.67 bits per heavy atom. The molecule has 4 rings (SSSR count). The van der Waals surface area contributed by atoms with Gasteiger partial charge in [-0.25, -0.2) is 4.79 Å². The number of aromatic nitrogens is 1. The SMILES string of the molecule is Cc1ccc(Cn2c(-c3ccc(OC4CCN(C(=O)OC(C)(C)C)CC4)cc3)cc(C(F)(F)F)c(C#N)c2=O)c(C)c1. The summed E-state index contributed by atoms with van der Waals surface area (Å²) in [5.74, 6) is 0.516. The third-order valence-corrected chi connectivity index (χ3v) is 7.09. The summed E-state index contributed by atoms with van der Waals surface area (Å²) in [5.41, 5.74) is -0.709. The Labute approximate surface area is 243 Å². The van der Waals surface area contributed by atoms with E-state index in [1.54, 1.807) is 29.2 Å². The molecular formula is C32H34F3N3O4. The van der Waals surface area contributed by atoms with Gasteiger partial charge in [0.1, 0.15) is 29.1 Å². The molecule has 42 heavy (non-hydrogen) atoms. The molecule has 1 saturated heterocycles. The Morgan fingerprint density at radius 3 is 2.21 bits per heavy atom. The summed E-state index contributed by atoms with van der Waals surface area (Å²) < 4.78 is 54.5. The number of pyridine rings is 1. The monoisotopic (exact) mass is 581 g/mol. The molecule has 1 fully saturated rings. The standard InChI is InChI=1S/C32H34F3N3O4/c1-20-6-7-23(21(2)16-20)19-38-28(17-27(32(33,34)35)26(18-36)29(38)39)22-8-10-24(11-9-22)41-25-12-14-37(15-13-25)30(40)42-31(3,4)5/h6-11,16-17,25H,12-15,19H2,1-5H3. The van der Waals surface area contributed by atoms with Crippen molar-refractivity contribution in [3.05, 3.63) is 86.7 Å². The van der Waals surface area contributed by atoms with Crippen LogP contribution in [-0.4, -0.2) is 40.4 Å². The highest BCUT2D eigenvalue weighted by Gasteiger charge is 2.36. The molecule has 0 aliphatic carbocycles. The molecule has 0 saturated carbocycles. The van der Waals surface area contributed by atoms with Gasteiger partial charge in [0, 0.05) is 25.9 Å². The van der Waals surface area contributed by atoms with Crippen LogP contribution in [0.15, 0.2) is 53.3 Å². The van der Waals surface area contributed by atoms with E-state index in [4.69, 9.17) is 9.47 Å². The largest absolute Gasteiger partial charge is 0.490 e. The Balaban J connectivity index is 1.60. The van der Waals surface area contributed by atoms with Crippen LogP contribution in [0.2, 0.25) is 0 Å². The smallest absolute Gasteiger partial charge is 0.417 e. The summed E-state index contributed by atoms with van der Waals surface area (Å²) in [4.78, 5) is 27.3. The first-order chi connectivity index (χ1) is 19.7. The molecule has 2 aromatic carbocycles. The van der Waals surface area contributed by atoms with E-state index in [0.717, 1.165) is 22.8 Å². The average molecular weight is 582 g/mol. The van der Waals surface area contributed by atoms with E-state index in [9.17, 15) is 28.0 Å². The lowest BCUT2D eigenvalue weighted by atomic mass is 10.0. The van der Waals surface area contributed by atoms with Crippen LogP contribution >= 0.6 is 0 Å². The van der Waals surface area contributed by atoms with Crippen LogP contribution in [0, 0.1) is 25.2 Å². The number of benzene rings is 2. The normalized spacial score (nSPS) is 14.4. The highest BCUT2D eigenvalue weighted by Crippen LogP contribution is 2.34. The topological polar surface area (TPSA) is 84.6 Å². The number of carbonyl (C=O) groups excluding carboxylic acids is 1. The van der Waals surface area contributed by atoms with Crippen LogP contribution < -0.4 is 10.3 Å². The predicted molar refractivity (Wildman–Crippen MR) is 152 cm³/mol. The molecular weight excluding hydrogens is 547 g/mol. The molecule has 3 aromatic rings. The molecule has 0 atom stereocenters. The average Bonchev–Trinajstić information content (AvgIpc) is 2.90. The Bertz CT molecular complexity index is 1560. The molecule has 1 aliphatic heterocycles. The number of likely N-dealkylation sites (tertiary alicyclic amines) is 1. The van der Waals surface area contributed by atoms with Crippen molar-refractivity contribution in [1.29, 1.82) is 5.26 Å². The second-order valence-corrected chi connectivity index (χ2v) is 11.6. The second-order valence-electron chi connectivity index (χ2n) is 11.6. The summed E-state index contributed by atoms with van der Waals surface area (Å²) in [6.45, 7) is 10.2. The summed E-state index contributed by atoms with van der Waals surface area (Å²) in [5, 5.41) is 9.49. The summed E-state index contributed by atoms with van der Waals surface area (Å²) in [6.07, 6.45) is -4.20. The zero-order valence-corrected chi connectivity index (χ0v) is 24.3. The quantitative estimate of drug-likeness (QED) is 0.329. The van der Waals surface area contributed by atoms with Crippen LogP contribution in [-0.2, 0) is 17.5 Å². The van der Waals surface area contributed by atoms with Crippen molar-refractivity contribution in [3.8, 4) is 23.1 Å². The third-order valence-electron chi connectivity index (χ3n) is 7.09. The molecule has 1 aliphatic rings. The molecule has 10 heteroatoms. The van der Waals surface area contributed by atoms with Gasteiger partial charge in [-0.3, -0.25) is 4.79 Å². The van der Waals surface area contributed by atoms with Crippen LogP contribution in [0.25, 0.3) is 11.3 Å². The van der Waals surface area contributed by atoms with Crippen molar-refractivity contribution in [2.24, 2.45) is 0 Å². The Morgan fingerprint density at radius 1 is 1.02 bits per heavy atom. The maximum absolute atomic E-state index is 13.9. The van der Waals surface area contributed by atoms with E-state index in [-0.39, 0.29) is 24.4 Å². The Hall–Kier alpha value is -4.26. The third kappa shape index (κ3) is 7.14. The minimum absolute atomic E-state index is 0.00156. The van der Waals surface area contributed by atoms with E-state index in [2.05, 4.69) is 0 Å². The molecule has 0 radical (unpaired) electrons. The van der Waals surface area contributed by atoms with Gasteiger partial charge in [0.2, 0.25) is 0 Å². The fourth-order valence-electron chi connectivity index (χ4n) is 4.95.